The number of fused-ring (bicyclic) bond motifs is 1. The topological polar surface area (TPSA) is 75.9 Å². The number of nitrogens with one attached hydrogen (secondary N) is 1. The van der Waals surface area contributed by atoms with Gasteiger partial charge in [-0.3, -0.25) is 9.48 Å². The summed E-state index contributed by atoms with van der Waals surface area (Å²) in [5, 5.41) is 8.61. The summed E-state index contributed by atoms with van der Waals surface area (Å²) in [4.78, 5) is 24.6. The molecule has 1 amide bonds. The molecular weight excluding hydrogens is 360 g/mol. The standard InChI is InChI=1S/C19H24N6OS/c1-13-12-14(2)25(23-13)11-7-17(26)21-15-5-9-24(10-6-15)19-22-16-4-3-8-20-18(16)27-19/h3-4,8,12,15H,5-7,9-11H2,1-2H3,(H,21,26). The van der Waals surface area contributed by atoms with Crippen LogP contribution in [0.15, 0.2) is 24.4 Å². The molecule has 3 aromatic heterocycles. The maximum Gasteiger partial charge on any atom is 0.222 e. The molecule has 1 aliphatic rings. The summed E-state index contributed by atoms with van der Waals surface area (Å²) < 4.78 is 1.90. The van der Waals surface area contributed by atoms with E-state index in [0.29, 0.717) is 13.0 Å². The van der Waals surface area contributed by atoms with E-state index in [4.69, 9.17) is 0 Å². The Hall–Kier alpha value is -2.48. The Kier molecular flexibility index (Phi) is 5.07. The van der Waals surface area contributed by atoms with Crippen molar-refractivity contribution in [3.8, 4) is 0 Å². The third-order valence-electron chi connectivity index (χ3n) is 4.94. The third kappa shape index (κ3) is 4.10. The zero-order valence-electron chi connectivity index (χ0n) is 15.7. The van der Waals surface area contributed by atoms with Crippen molar-refractivity contribution in [1.82, 2.24) is 25.1 Å². The Labute approximate surface area is 162 Å². The lowest BCUT2D eigenvalue weighted by molar-refractivity contribution is -0.122. The average Bonchev–Trinajstić information content (AvgIpc) is 3.23. The summed E-state index contributed by atoms with van der Waals surface area (Å²) in [7, 11) is 0. The normalized spacial score (nSPS) is 15.4. The quantitative estimate of drug-likeness (QED) is 0.732. The number of carbonyl (C=O) groups excluding carboxylic acids is 1. The summed E-state index contributed by atoms with van der Waals surface area (Å²) in [6.07, 6.45) is 4.15. The molecule has 0 atom stereocenters. The molecule has 1 saturated heterocycles. The maximum absolute atomic E-state index is 12.3. The number of carbonyl (C=O) groups is 1. The van der Waals surface area contributed by atoms with Crippen LogP contribution < -0.4 is 10.2 Å². The van der Waals surface area contributed by atoms with Crippen molar-refractivity contribution in [1.29, 1.82) is 0 Å². The van der Waals surface area contributed by atoms with E-state index in [1.54, 1.807) is 17.5 Å². The number of pyridine rings is 1. The second-order valence-corrected chi connectivity index (χ2v) is 8.01. The molecule has 7 nitrogen and oxygen atoms in total. The van der Waals surface area contributed by atoms with Crippen molar-refractivity contribution < 1.29 is 4.79 Å². The molecule has 0 bridgehead atoms. The van der Waals surface area contributed by atoms with Crippen molar-refractivity contribution in [3.05, 3.63) is 35.8 Å². The van der Waals surface area contributed by atoms with Crippen LogP contribution in [0.1, 0.15) is 30.7 Å². The number of rotatable bonds is 5. The fourth-order valence-corrected chi connectivity index (χ4v) is 4.48. The van der Waals surface area contributed by atoms with E-state index in [0.717, 1.165) is 52.8 Å². The van der Waals surface area contributed by atoms with E-state index >= 15 is 0 Å². The minimum absolute atomic E-state index is 0.102. The summed E-state index contributed by atoms with van der Waals surface area (Å²) in [6.45, 7) is 6.43. The first kappa shape index (κ1) is 17.9. The van der Waals surface area contributed by atoms with Crippen molar-refractivity contribution >= 4 is 32.7 Å². The lowest BCUT2D eigenvalue weighted by Gasteiger charge is -2.32. The summed E-state index contributed by atoms with van der Waals surface area (Å²) in [5.74, 6) is 0.102. The van der Waals surface area contributed by atoms with Crippen LogP contribution in [0.4, 0.5) is 5.13 Å². The first-order valence-electron chi connectivity index (χ1n) is 9.35. The van der Waals surface area contributed by atoms with Crippen LogP contribution in [0.25, 0.3) is 10.3 Å². The number of anilines is 1. The highest BCUT2D eigenvalue weighted by Crippen LogP contribution is 2.29. The second-order valence-electron chi connectivity index (χ2n) is 7.05. The lowest BCUT2D eigenvalue weighted by atomic mass is 10.1. The van der Waals surface area contributed by atoms with E-state index < -0.39 is 0 Å². The van der Waals surface area contributed by atoms with Gasteiger partial charge in [0.05, 0.1) is 5.69 Å². The Balaban J connectivity index is 1.26. The molecule has 0 spiro atoms. The van der Waals surface area contributed by atoms with Gasteiger partial charge in [-0.25, -0.2) is 9.97 Å². The molecule has 3 aromatic rings. The van der Waals surface area contributed by atoms with Gasteiger partial charge in [-0.05, 0) is 44.9 Å². The largest absolute Gasteiger partial charge is 0.353 e. The van der Waals surface area contributed by atoms with Crippen LogP contribution in [0.3, 0.4) is 0 Å². The molecule has 0 saturated carbocycles. The molecule has 4 rings (SSSR count). The van der Waals surface area contributed by atoms with Gasteiger partial charge in [-0.15, -0.1) is 0 Å². The predicted octanol–water partition coefficient (Wildman–Crippen LogP) is 2.68. The van der Waals surface area contributed by atoms with Gasteiger partial charge in [0.1, 0.15) is 10.3 Å². The van der Waals surface area contributed by atoms with Crippen LogP contribution >= 0.6 is 11.3 Å². The fourth-order valence-electron chi connectivity index (χ4n) is 3.52. The fraction of sp³-hybridized carbons (Fsp3) is 0.474. The van der Waals surface area contributed by atoms with E-state index in [1.165, 1.54) is 0 Å². The number of nitrogens with zero attached hydrogens (tertiary/aromatic N) is 5. The van der Waals surface area contributed by atoms with E-state index in [2.05, 4.69) is 25.3 Å². The van der Waals surface area contributed by atoms with E-state index in [9.17, 15) is 4.79 Å². The Bertz CT molecular complexity index is 908. The first-order valence-corrected chi connectivity index (χ1v) is 10.2. The number of piperidine rings is 1. The van der Waals surface area contributed by atoms with Gasteiger partial charge < -0.3 is 10.2 Å². The van der Waals surface area contributed by atoms with Gasteiger partial charge in [0, 0.05) is 44.0 Å². The van der Waals surface area contributed by atoms with Crippen LogP contribution in [0.2, 0.25) is 0 Å². The first-order chi connectivity index (χ1) is 13.1. The number of thiazole rings is 1. The minimum Gasteiger partial charge on any atom is -0.353 e. The van der Waals surface area contributed by atoms with Crippen LogP contribution in [0, 0.1) is 13.8 Å². The number of hydrogen-bond donors (Lipinski definition) is 1. The van der Waals surface area contributed by atoms with Crippen LogP contribution in [-0.4, -0.2) is 44.8 Å². The number of aromatic nitrogens is 4. The van der Waals surface area contributed by atoms with Crippen molar-refractivity contribution in [3.63, 3.8) is 0 Å². The maximum atomic E-state index is 12.3. The highest BCUT2D eigenvalue weighted by Gasteiger charge is 2.23. The van der Waals surface area contributed by atoms with E-state index in [-0.39, 0.29) is 11.9 Å². The second kappa shape index (κ2) is 7.64. The molecule has 27 heavy (non-hydrogen) atoms. The zero-order valence-corrected chi connectivity index (χ0v) is 16.5. The molecule has 1 N–H and O–H groups in total. The number of aryl methyl sites for hydroxylation is 3. The highest BCUT2D eigenvalue weighted by atomic mass is 32.1. The molecule has 4 heterocycles. The smallest absolute Gasteiger partial charge is 0.222 e. The molecule has 0 unspecified atom stereocenters. The van der Waals surface area contributed by atoms with Crippen LogP contribution in [0.5, 0.6) is 0 Å². The summed E-state index contributed by atoms with van der Waals surface area (Å²) in [6, 6.07) is 6.19. The van der Waals surface area contributed by atoms with Gasteiger partial charge in [-0.2, -0.15) is 5.10 Å². The predicted molar refractivity (Wildman–Crippen MR) is 107 cm³/mol. The molecule has 1 aliphatic heterocycles. The SMILES string of the molecule is Cc1cc(C)n(CCC(=O)NC2CCN(c3nc4cccnc4s3)CC2)n1. The Morgan fingerprint density at radius 2 is 2.15 bits per heavy atom. The molecule has 1 fully saturated rings. The minimum atomic E-state index is 0.102. The van der Waals surface area contributed by atoms with Gasteiger partial charge in [0.2, 0.25) is 5.91 Å². The van der Waals surface area contributed by atoms with Crippen molar-refractivity contribution in [2.45, 2.75) is 45.7 Å². The van der Waals surface area contributed by atoms with Gasteiger partial charge in [0.25, 0.3) is 0 Å². The third-order valence-corrected chi connectivity index (χ3v) is 5.98. The summed E-state index contributed by atoms with van der Waals surface area (Å²) in [5.41, 5.74) is 3.04. The van der Waals surface area contributed by atoms with Gasteiger partial charge in [-0.1, -0.05) is 11.3 Å². The monoisotopic (exact) mass is 384 g/mol. The molecule has 0 aromatic carbocycles. The number of hydrogen-bond acceptors (Lipinski definition) is 6. The van der Waals surface area contributed by atoms with Crippen LogP contribution in [-0.2, 0) is 11.3 Å². The Morgan fingerprint density at radius 1 is 1.33 bits per heavy atom. The zero-order chi connectivity index (χ0) is 18.8. The molecule has 142 valence electrons. The van der Waals surface area contributed by atoms with Crippen molar-refractivity contribution in [2.75, 3.05) is 18.0 Å². The van der Waals surface area contributed by atoms with Gasteiger partial charge in [0.15, 0.2) is 5.13 Å². The van der Waals surface area contributed by atoms with E-state index in [1.807, 2.05) is 36.7 Å². The summed E-state index contributed by atoms with van der Waals surface area (Å²) >= 11 is 1.63. The Morgan fingerprint density at radius 3 is 2.85 bits per heavy atom. The highest BCUT2D eigenvalue weighted by molar-refractivity contribution is 7.21. The molecule has 0 aliphatic carbocycles. The average molecular weight is 385 g/mol. The van der Waals surface area contributed by atoms with Crippen molar-refractivity contribution in [2.24, 2.45) is 0 Å². The lowest BCUT2D eigenvalue weighted by Crippen LogP contribution is -2.44. The molecule has 8 heteroatoms. The molecule has 0 radical (unpaired) electrons. The van der Waals surface area contributed by atoms with Gasteiger partial charge >= 0.3 is 0 Å². The number of amides is 1. The molecular formula is C19H24N6OS.